The van der Waals surface area contributed by atoms with Gasteiger partial charge in [0, 0.05) is 29.5 Å². The number of amides is 2. The Bertz CT molecular complexity index is 844. The lowest BCUT2D eigenvalue weighted by Gasteiger charge is -2.07. The normalized spacial score (nSPS) is 10.9. The molecule has 0 spiro atoms. The number of nitrogens with zero attached hydrogens (tertiary/aromatic N) is 2. The van der Waals surface area contributed by atoms with Crippen molar-refractivity contribution in [1.82, 2.24) is 15.5 Å². The van der Waals surface area contributed by atoms with Crippen LogP contribution < -0.4 is 10.6 Å². The highest BCUT2D eigenvalue weighted by molar-refractivity contribution is 7.98. The number of furan rings is 1. The van der Waals surface area contributed by atoms with Crippen LogP contribution in [0.4, 0.5) is 10.5 Å². The summed E-state index contributed by atoms with van der Waals surface area (Å²) in [6.45, 7) is 4.41. The molecule has 0 aliphatic carbocycles. The van der Waals surface area contributed by atoms with E-state index in [1.165, 1.54) is 0 Å². The minimum absolute atomic E-state index is 0.197. The maximum atomic E-state index is 12.0. The zero-order valence-corrected chi connectivity index (χ0v) is 16.1. The summed E-state index contributed by atoms with van der Waals surface area (Å²) in [6.07, 6.45) is 2.19. The van der Waals surface area contributed by atoms with Crippen molar-refractivity contribution in [2.24, 2.45) is 0 Å². The highest BCUT2D eigenvalue weighted by atomic mass is 32.2. The summed E-state index contributed by atoms with van der Waals surface area (Å²) in [6, 6.07) is 11.2. The molecular weight excluding hydrogens is 364 g/mol. The van der Waals surface area contributed by atoms with E-state index >= 15 is 0 Å². The van der Waals surface area contributed by atoms with E-state index in [-0.39, 0.29) is 11.9 Å². The highest BCUT2D eigenvalue weighted by Crippen LogP contribution is 2.24. The average Bonchev–Trinajstić information content (AvgIpc) is 3.33. The molecule has 142 valence electrons. The second kappa shape index (κ2) is 9.27. The first-order valence-electron chi connectivity index (χ1n) is 8.73. The van der Waals surface area contributed by atoms with Crippen LogP contribution in [-0.4, -0.2) is 22.7 Å². The van der Waals surface area contributed by atoms with E-state index in [1.54, 1.807) is 18.0 Å². The number of aromatic nitrogens is 2. The Balaban J connectivity index is 1.39. The molecule has 7 nitrogen and oxygen atoms in total. The number of hydrogen-bond donors (Lipinski definition) is 2. The van der Waals surface area contributed by atoms with Crippen LogP contribution in [0.3, 0.4) is 0 Å². The maximum absolute atomic E-state index is 12.0. The lowest BCUT2D eigenvalue weighted by molar-refractivity contribution is 0.252. The van der Waals surface area contributed by atoms with Crippen molar-refractivity contribution >= 4 is 23.5 Å². The predicted octanol–water partition coefficient (Wildman–Crippen LogP) is 4.44. The Hall–Kier alpha value is -2.74. The number of nitrogens with one attached hydrogen (secondary N) is 2. The Morgan fingerprint density at radius 2 is 2.04 bits per heavy atom. The molecule has 0 radical (unpaired) electrons. The lowest BCUT2D eigenvalue weighted by Crippen LogP contribution is -2.30. The number of hydrogen-bond acceptors (Lipinski definition) is 6. The predicted molar refractivity (Wildman–Crippen MR) is 104 cm³/mol. The molecule has 0 unspecified atom stereocenters. The number of urea groups is 1. The van der Waals surface area contributed by atoms with Crippen LogP contribution in [0.25, 0.3) is 0 Å². The van der Waals surface area contributed by atoms with Crippen molar-refractivity contribution in [3.63, 3.8) is 0 Å². The van der Waals surface area contributed by atoms with Crippen LogP contribution >= 0.6 is 11.8 Å². The largest absolute Gasteiger partial charge is 0.468 e. The quantitative estimate of drug-likeness (QED) is 0.556. The molecule has 0 saturated carbocycles. The fraction of sp³-hybridized carbons (Fsp3) is 0.316. The summed E-state index contributed by atoms with van der Waals surface area (Å²) in [4.78, 5) is 17.4. The Morgan fingerprint density at radius 1 is 1.22 bits per heavy atom. The van der Waals surface area contributed by atoms with Crippen molar-refractivity contribution in [3.05, 3.63) is 60.1 Å². The molecule has 0 saturated heterocycles. The molecule has 8 heteroatoms. The molecule has 3 rings (SSSR count). The molecule has 27 heavy (non-hydrogen) atoms. The average molecular weight is 386 g/mol. The summed E-state index contributed by atoms with van der Waals surface area (Å²) < 4.78 is 10.4. The second-order valence-electron chi connectivity index (χ2n) is 6.23. The molecule has 2 heterocycles. The van der Waals surface area contributed by atoms with E-state index in [2.05, 4.69) is 20.8 Å². The minimum atomic E-state index is -0.265. The van der Waals surface area contributed by atoms with Gasteiger partial charge >= 0.3 is 6.03 Å². The van der Waals surface area contributed by atoms with Gasteiger partial charge in [0.05, 0.1) is 12.0 Å². The van der Waals surface area contributed by atoms with E-state index in [4.69, 9.17) is 8.94 Å². The van der Waals surface area contributed by atoms with Crippen molar-refractivity contribution in [2.45, 2.75) is 36.8 Å². The Morgan fingerprint density at radius 3 is 2.70 bits per heavy atom. The summed E-state index contributed by atoms with van der Waals surface area (Å²) in [5, 5.41) is 9.49. The third-order valence-electron chi connectivity index (χ3n) is 3.69. The molecule has 2 aromatic heterocycles. The fourth-order valence-corrected chi connectivity index (χ4v) is 3.05. The Labute approximate surface area is 161 Å². The molecule has 0 fully saturated rings. The molecule has 0 bridgehead atoms. The molecule has 2 amide bonds. The molecular formula is C19H22N4O3S. The molecule has 0 aliphatic heterocycles. The topological polar surface area (TPSA) is 93.2 Å². The van der Waals surface area contributed by atoms with Gasteiger partial charge in [0.2, 0.25) is 5.89 Å². The van der Waals surface area contributed by atoms with Gasteiger partial charge in [-0.2, -0.15) is 4.98 Å². The van der Waals surface area contributed by atoms with Crippen LogP contribution in [0.2, 0.25) is 0 Å². The van der Waals surface area contributed by atoms with Crippen LogP contribution in [0.1, 0.15) is 37.2 Å². The minimum Gasteiger partial charge on any atom is -0.468 e. The number of carbonyl (C=O) groups excluding carboxylic acids is 1. The van der Waals surface area contributed by atoms with Crippen molar-refractivity contribution in [1.29, 1.82) is 0 Å². The SMILES string of the molecule is CC(C)c1nc(CCNC(=O)Nc2ccc(SCc3ccco3)cc2)no1. The van der Waals surface area contributed by atoms with E-state index in [0.29, 0.717) is 24.7 Å². The van der Waals surface area contributed by atoms with Gasteiger partial charge < -0.3 is 19.6 Å². The lowest BCUT2D eigenvalue weighted by atomic mass is 10.2. The molecule has 2 N–H and O–H groups in total. The van der Waals surface area contributed by atoms with Gasteiger partial charge in [-0.25, -0.2) is 4.79 Å². The fourth-order valence-electron chi connectivity index (χ4n) is 2.25. The van der Waals surface area contributed by atoms with Crippen LogP contribution in [-0.2, 0) is 12.2 Å². The summed E-state index contributed by atoms with van der Waals surface area (Å²) in [5.41, 5.74) is 0.733. The van der Waals surface area contributed by atoms with Gasteiger partial charge in [-0.3, -0.25) is 0 Å². The van der Waals surface area contributed by atoms with E-state index < -0.39 is 0 Å². The second-order valence-corrected chi connectivity index (χ2v) is 7.28. The maximum Gasteiger partial charge on any atom is 0.319 e. The zero-order valence-electron chi connectivity index (χ0n) is 15.3. The third-order valence-corrected chi connectivity index (χ3v) is 4.72. The zero-order chi connectivity index (χ0) is 19.1. The van der Waals surface area contributed by atoms with Crippen molar-refractivity contribution < 1.29 is 13.7 Å². The van der Waals surface area contributed by atoms with Crippen molar-refractivity contribution in [3.8, 4) is 0 Å². The molecule has 0 aliphatic rings. The number of rotatable bonds is 8. The van der Waals surface area contributed by atoms with Gasteiger partial charge in [0.1, 0.15) is 5.76 Å². The first kappa shape index (κ1) is 19.0. The van der Waals surface area contributed by atoms with Gasteiger partial charge in [-0.05, 0) is 36.4 Å². The molecule has 3 aromatic rings. The van der Waals surface area contributed by atoms with Gasteiger partial charge in [-0.1, -0.05) is 19.0 Å². The van der Waals surface area contributed by atoms with Gasteiger partial charge in [0.25, 0.3) is 0 Å². The number of anilines is 1. The first-order chi connectivity index (χ1) is 13.1. The van der Waals surface area contributed by atoms with E-state index in [1.807, 2.05) is 50.2 Å². The van der Waals surface area contributed by atoms with Crippen molar-refractivity contribution in [2.75, 3.05) is 11.9 Å². The van der Waals surface area contributed by atoms with Crippen LogP contribution in [0, 0.1) is 0 Å². The smallest absolute Gasteiger partial charge is 0.319 e. The highest BCUT2D eigenvalue weighted by Gasteiger charge is 2.10. The van der Waals surface area contributed by atoms with Gasteiger partial charge in [-0.15, -0.1) is 11.8 Å². The molecule has 0 atom stereocenters. The first-order valence-corrected chi connectivity index (χ1v) is 9.71. The third kappa shape index (κ3) is 5.89. The number of benzene rings is 1. The van der Waals surface area contributed by atoms with E-state index in [0.717, 1.165) is 22.1 Å². The summed E-state index contributed by atoms with van der Waals surface area (Å²) in [5.74, 6) is 3.11. The van der Waals surface area contributed by atoms with E-state index in [9.17, 15) is 4.79 Å². The Kier molecular flexibility index (Phi) is 6.54. The van der Waals surface area contributed by atoms with Gasteiger partial charge in [0.15, 0.2) is 5.82 Å². The summed E-state index contributed by atoms with van der Waals surface area (Å²) in [7, 11) is 0. The van der Waals surface area contributed by atoms with Crippen LogP contribution in [0.15, 0.2) is 56.5 Å². The number of carbonyl (C=O) groups is 1. The molecule has 1 aromatic carbocycles. The summed E-state index contributed by atoms with van der Waals surface area (Å²) >= 11 is 1.68. The monoisotopic (exact) mass is 386 g/mol. The standard InChI is InChI=1S/C19H22N4O3S/c1-13(2)18-22-17(23-26-18)9-10-20-19(24)21-14-5-7-16(8-6-14)27-12-15-4-3-11-25-15/h3-8,11,13H,9-10,12H2,1-2H3,(H2,20,21,24). The van der Waals surface area contributed by atoms with Crippen LogP contribution in [0.5, 0.6) is 0 Å². The number of thioether (sulfide) groups is 1.